The van der Waals surface area contributed by atoms with Crippen LogP contribution in [-0.2, 0) is 24.3 Å². The number of hydrogen-bond acceptors (Lipinski definition) is 10. The fourth-order valence-electron chi connectivity index (χ4n) is 7.00. The van der Waals surface area contributed by atoms with Crippen LogP contribution in [0, 0.1) is 0 Å². The van der Waals surface area contributed by atoms with E-state index in [1.165, 1.54) is 44.8 Å². The molecule has 0 radical (unpaired) electrons. The van der Waals surface area contributed by atoms with Gasteiger partial charge in [-0.15, -0.1) is 0 Å². The number of allylic oxidation sites excluding steroid dienone is 1. The van der Waals surface area contributed by atoms with Crippen molar-refractivity contribution in [3.63, 3.8) is 0 Å². The molecule has 3 aromatic rings. The normalized spacial score (nSPS) is 21.0. The number of likely N-dealkylation sites (tertiary alicyclic amines) is 2. The highest BCUT2D eigenvalue weighted by molar-refractivity contribution is 7.89. The Kier molecular flexibility index (Phi) is 11.4. The van der Waals surface area contributed by atoms with Crippen molar-refractivity contribution in [2.24, 2.45) is 0 Å². The number of amides is 1. The molecule has 3 aliphatic heterocycles. The maximum absolute atomic E-state index is 13.9. The van der Waals surface area contributed by atoms with Crippen molar-refractivity contribution >= 4 is 26.9 Å². The van der Waals surface area contributed by atoms with Gasteiger partial charge in [-0.05, 0) is 81.2 Å². The number of carbonyl (C=O) groups is 1. The summed E-state index contributed by atoms with van der Waals surface area (Å²) < 4.78 is 51.1. The molecule has 4 heterocycles. The van der Waals surface area contributed by atoms with E-state index < -0.39 is 22.2 Å². The Bertz CT molecular complexity index is 1780. The Labute approximate surface area is 286 Å². The summed E-state index contributed by atoms with van der Waals surface area (Å²) in [6.45, 7) is 2.75. The first-order chi connectivity index (χ1) is 23.8. The van der Waals surface area contributed by atoms with Gasteiger partial charge < -0.3 is 33.5 Å². The molecular formula is C36H45N3O9S. The van der Waals surface area contributed by atoms with Crippen LogP contribution in [0.5, 0.6) is 5.75 Å². The molecule has 13 heteroatoms. The molecule has 0 saturated carbocycles. The molecule has 12 nitrogen and oxygen atoms in total. The molecule has 3 aliphatic rings. The first-order valence-electron chi connectivity index (χ1n) is 17.1. The van der Waals surface area contributed by atoms with E-state index in [1.54, 1.807) is 47.4 Å². The number of benzene rings is 2. The van der Waals surface area contributed by atoms with Crippen molar-refractivity contribution < 1.29 is 36.9 Å². The number of aliphatic hydroxyl groups is 1. The van der Waals surface area contributed by atoms with Gasteiger partial charge in [-0.25, -0.2) is 8.42 Å². The molecule has 1 N–H and O–H groups in total. The topological polar surface area (TPSA) is 139 Å². The number of nitrogens with zero attached hydrogens (tertiary/aromatic N) is 3. The van der Waals surface area contributed by atoms with E-state index in [9.17, 15) is 23.1 Å². The van der Waals surface area contributed by atoms with Gasteiger partial charge >= 0.3 is 0 Å². The van der Waals surface area contributed by atoms with Crippen LogP contribution in [0.1, 0.15) is 50.0 Å². The molecule has 0 spiro atoms. The highest BCUT2D eigenvalue weighted by Crippen LogP contribution is 2.33. The molecule has 2 atom stereocenters. The maximum Gasteiger partial charge on any atom is 0.288 e. The number of rotatable bonds is 12. The van der Waals surface area contributed by atoms with Crippen LogP contribution in [-0.4, -0.2) is 105 Å². The minimum atomic E-state index is -3.96. The lowest BCUT2D eigenvalue weighted by Gasteiger charge is -2.40. The number of para-hydroxylation sites is 1. The second-order valence-corrected chi connectivity index (χ2v) is 14.7. The van der Waals surface area contributed by atoms with Crippen molar-refractivity contribution in [3.8, 4) is 5.75 Å². The smallest absolute Gasteiger partial charge is 0.288 e. The van der Waals surface area contributed by atoms with Gasteiger partial charge in [-0.1, -0.05) is 18.6 Å². The third kappa shape index (κ3) is 8.02. The standard InChI is InChI=1S/C36H45N3O9S/c1-45-28-9-11-29(12-10-28)49(43,44)39(19-21-40)20-22-46-34-24-26(31-25-47-32-8-4-3-7-30(32)35(31)41)23-33(48-34)36(42)38-17-13-27(14-18-38)37-15-5-2-6-16-37/h3-4,7-12,23,25-27,34,40H,2,5-6,13-22,24H2,1H3/t26-,34+/m0/s1. The van der Waals surface area contributed by atoms with Crippen LogP contribution >= 0.6 is 0 Å². The summed E-state index contributed by atoms with van der Waals surface area (Å²) in [6, 6.07) is 13.5. The molecule has 264 valence electrons. The lowest BCUT2D eigenvalue weighted by molar-refractivity contribution is -0.153. The maximum atomic E-state index is 13.9. The number of fused-ring (bicyclic) bond motifs is 1. The SMILES string of the molecule is COc1ccc(S(=O)(=O)N(CCO)CCO[C@H]2C[C@@H](c3coc4ccccc4c3=O)C=C(C(=O)N3CCC(N4CCCCC4)CC3)O2)cc1. The summed E-state index contributed by atoms with van der Waals surface area (Å²) in [5.41, 5.74) is 0.654. The third-order valence-electron chi connectivity index (χ3n) is 9.72. The van der Waals surface area contributed by atoms with E-state index in [4.69, 9.17) is 18.6 Å². The van der Waals surface area contributed by atoms with E-state index in [0.29, 0.717) is 41.4 Å². The van der Waals surface area contributed by atoms with Crippen LogP contribution in [0.2, 0.25) is 0 Å². The van der Waals surface area contributed by atoms with E-state index in [1.807, 2.05) is 0 Å². The van der Waals surface area contributed by atoms with Crippen molar-refractivity contribution in [2.45, 2.75) is 61.7 Å². The van der Waals surface area contributed by atoms with Gasteiger partial charge in [-0.2, -0.15) is 4.31 Å². The zero-order valence-electron chi connectivity index (χ0n) is 27.9. The molecule has 0 unspecified atom stereocenters. The lowest BCUT2D eigenvalue weighted by Crippen LogP contribution is -2.49. The Morgan fingerprint density at radius 1 is 1.00 bits per heavy atom. The molecule has 2 aromatic carbocycles. The van der Waals surface area contributed by atoms with Crippen LogP contribution in [0.3, 0.4) is 0 Å². The third-order valence-corrected chi connectivity index (χ3v) is 11.6. The minimum Gasteiger partial charge on any atom is -0.497 e. The highest BCUT2D eigenvalue weighted by Gasteiger charge is 2.35. The summed E-state index contributed by atoms with van der Waals surface area (Å²) in [6.07, 6.45) is 7.88. The molecule has 0 aliphatic carbocycles. The van der Waals surface area contributed by atoms with Gasteiger partial charge in [-0.3, -0.25) is 9.59 Å². The van der Waals surface area contributed by atoms with Gasteiger partial charge in [0, 0.05) is 50.1 Å². The lowest BCUT2D eigenvalue weighted by atomic mass is 9.93. The highest BCUT2D eigenvalue weighted by atomic mass is 32.2. The number of aliphatic hydroxyl groups excluding tert-OH is 1. The molecule has 0 bridgehead atoms. The van der Waals surface area contributed by atoms with Crippen LogP contribution in [0.4, 0.5) is 0 Å². The fraction of sp³-hybridized carbons (Fsp3) is 0.500. The van der Waals surface area contributed by atoms with Crippen molar-refractivity contribution in [1.82, 2.24) is 14.1 Å². The predicted octanol–water partition coefficient (Wildman–Crippen LogP) is 3.69. The van der Waals surface area contributed by atoms with E-state index in [2.05, 4.69) is 4.90 Å². The minimum absolute atomic E-state index is 0.0543. The summed E-state index contributed by atoms with van der Waals surface area (Å²) >= 11 is 0. The van der Waals surface area contributed by atoms with E-state index >= 15 is 0 Å². The second-order valence-electron chi connectivity index (χ2n) is 12.7. The van der Waals surface area contributed by atoms with Gasteiger partial charge in [0.25, 0.3) is 5.91 Å². The van der Waals surface area contributed by atoms with Gasteiger partial charge in [0.1, 0.15) is 11.3 Å². The average Bonchev–Trinajstić information content (AvgIpc) is 3.14. The van der Waals surface area contributed by atoms with E-state index in [0.717, 1.165) is 30.2 Å². The largest absolute Gasteiger partial charge is 0.497 e. The first kappa shape index (κ1) is 35.1. The fourth-order valence-corrected chi connectivity index (χ4v) is 8.41. The monoisotopic (exact) mass is 695 g/mol. The molecule has 1 amide bonds. The molecule has 49 heavy (non-hydrogen) atoms. The zero-order chi connectivity index (χ0) is 34.4. The first-order valence-corrected chi connectivity index (χ1v) is 18.5. The number of methoxy groups -OCH3 is 1. The van der Waals surface area contributed by atoms with Crippen LogP contribution < -0.4 is 10.2 Å². The van der Waals surface area contributed by atoms with Gasteiger partial charge in [0.05, 0.1) is 36.9 Å². The quantitative estimate of drug-likeness (QED) is 0.299. The Hall–Kier alpha value is -3.75. The average molecular weight is 696 g/mol. The summed E-state index contributed by atoms with van der Waals surface area (Å²) in [4.78, 5) is 31.9. The van der Waals surface area contributed by atoms with Crippen molar-refractivity contribution in [3.05, 3.63) is 82.4 Å². The number of carbonyl (C=O) groups excluding carboxylic acids is 1. The van der Waals surface area contributed by atoms with Gasteiger partial charge in [0.2, 0.25) is 16.3 Å². The predicted molar refractivity (Wildman–Crippen MR) is 183 cm³/mol. The van der Waals surface area contributed by atoms with Crippen molar-refractivity contribution in [2.75, 3.05) is 59.6 Å². The molecule has 2 fully saturated rings. The zero-order valence-corrected chi connectivity index (χ0v) is 28.7. The van der Waals surface area contributed by atoms with Gasteiger partial charge in [0.15, 0.2) is 11.2 Å². The summed E-state index contributed by atoms with van der Waals surface area (Å²) in [7, 11) is -2.46. The number of hydrogen-bond donors (Lipinski definition) is 1. The van der Waals surface area contributed by atoms with Crippen LogP contribution in [0.25, 0.3) is 11.0 Å². The Balaban J connectivity index is 1.18. The summed E-state index contributed by atoms with van der Waals surface area (Å²) in [5, 5.41) is 10.1. The number of sulfonamides is 1. The van der Waals surface area contributed by atoms with E-state index in [-0.39, 0.29) is 54.7 Å². The number of piperidine rings is 2. The summed E-state index contributed by atoms with van der Waals surface area (Å²) in [5.74, 6) is -0.181. The van der Waals surface area contributed by atoms with Crippen LogP contribution in [0.15, 0.2) is 80.7 Å². The Morgan fingerprint density at radius 2 is 1.73 bits per heavy atom. The second kappa shape index (κ2) is 15.9. The number of ether oxygens (including phenoxy) is 3. The Morgan fingerprint density at radius 3 is 2.45 bits per heavy atom. The molecule has 2 saturated heterocycles. The molecule has 6 rings (SSSR count). The molecular weight excluding hydrogens is 650 g/mol. The van der Waals surface area contributed by atoms with Crippen molar-refractivity contribution in [1.29, 1.82) is 0 Å². The molecule has 1 aromatic heterocycles.